The number of hydrogen-bond acceptors (Lipinski definition) is 3. The lowest BCUT2D eigenvalue weighted by molar-refractivity contribution is 0.452. The van der Waals surface area contributed by atoms with E-state index in [2.05, 4.69) is 31.1 Å². The second-order valence-electron chi connectivity index (χ2n) is 4.00. The lowest BCUT2D eigenvalue weighted by Crippen LogP contribution is -2.24. The summed E-state index contributed by atoms with van der Waals surface area (Å²) < 4.78 is 0. The number of nitrogens with zero attached hydrogens (tertiary/aromatic N) is 1. The zero-order valence-corrected chi connectivity index (χ0v) is 10.9. The van der Waals surface area contributed by atoms with E-state index in [9.17, 15) is 0 Å². The fourth-order valence-electron chi connectivity index (χ4n) is 1.60. The second-order valence-corrected chi connectivity index (χ2v) is 5.32. The molecule has 86 valence electrons. The van der Waals surface area contributed by atoms with Crippen molar-refractivity contribution in [1.82, 2.24) is 10.3 Å². The first-order chi connectivity index (χ1) is 7.26. The number of aromatic nitrogens is 1. The molecule has 0 aliphatic carbocycles. The predicted molar refractivity (Wildman–Crippen MR) is 67.5 cm³/mol. The van der Waals surface area contributed by atoms with Gasteiger partial charge >= 0.3 is 0 Å². The summed E-state index contributed by atoms with van der Waals surface area (Å²) in [5, 5.41) is 4.77. The van der Waals surface area contributed by atoms with Gasteiger partial charge in [-0.05, 0) is 19.4 Å². The Morgan fingerprint density at radius 1 is 1.40 bits per heavy atom. The van der Waals surface area contributed by atoms with Crippen LogP contribution in [0.3, 0.4) is 0 Å². The Kier molecular flexibility index (Phi) is 5.88. The summed E-state index contributed by atoms with van der Waals surface area (Å²) in [7, 11) is 0. The molecule has 0 unspecified atom stereocenters. The van der Waals surface area contributed by atoms with Crippen molar-refractivity contribution < 1.29 is 0 Å². The molecule has 0 spiro atoms. The molecule has 3 heteroatoms. The third-order valence-corrected chi connectivity index (χ3v) is 3.75. The third kappa shape index (κ3) is 4.76. The molecule has 0 amide bonds. The Morgan fingerprint density at radius 3 is 2.67 bits per heavy atom. The summed E-state index contributed by atoms with van der Waals surface area (Å²) in [6, 6.07) is 0. The quantitative estimate of drug-likeness (QED) is 0.723. The fraction of sp³-hybridized carbons (Fsp3) is 0.750. The molecule has 1 aromatic heterocycles. The Labute approximate surface area is 97.1 Å². The highest BCUT2D eigenvalue weighted by Crippen LogP contribution is 2.11. The first kappa shape index (κ1) is 12.7. The molecular formula is C12H22N2S. The van der Waals surface area contributed by atoms with Crippen molar-refractivity contribution in [1.29, 1.82) is 0 Å². The minimum absolute atomic E-state index is 0.836. The van der Waals surface area contributed by atoms with Gasteiger partial charge in [-0.25, -0.2) is 4.98 Å². The van der Waals surface area contributed by atoms with Crippen LogP contribution in [0, 0.1) is 12.8 Å². The maximum atomic E-state index is 4.35. The van der Waals surface area contributed by atoms with Crippen molar-refractivity contribution in [3.63, 3.8) is 0 Å². The first-order valence-electron chi connectivity index (χ1n) is 5.88. The van der Waals surface area contributed by atoms with Gasteiger partial charge in [0.25, 0.3) is 0 Å². The molecule has 0 aliphatic heterocycles. The van der Waals surface area contributed by atoms with Gasteiger partial charge in [-0.15, -0.1) is 11.3 Å². The van der Waals surface area contributed by atoms with Crippen LogP contribution in [0.15, 0.2) is 6.20 Å². The van der Waals surface area contributed by atoms with Crippen LogP contribution in [0.25, 0.3) is 0 Å². The van der Waals surface area contributed by atoms with Crippen molar-refractivity contribution in [3.8, 4) is 0 Å². The van der Waals surface area contributed by atoms with Crippen molar-refractivity contribution in [2.75, 3.05) is 13.1 Å². The third-order valence-electron chi connectivity index (χ3n) is 2.77. The molecular weight excluding hydrogens is 204 g/mol. The molecule has 1 N–H and O–H groups in total. The van der Waals surface area contributed by atoms with Crippen LogP contribution in [-0.4, -0.2) is 18.1 Å². The van der Waals surface area contributed by atoms with Crippen molar-refractivity contribution in [2.24, 2.45) is 5.92 Å². The molecule has 15 heavy (non-hydrogen) atoms. The molecule has 0 bridgehead atoms. The zero-order chi connectivity index (χ0) is 11.1. The Morgan fingerprint density at radius 2 is 2.13 bits per heavy atom. The van der Waals surface area contributed by atoms with Crippen LogP contribution in [-0.2, 0) is 6.42 Å². The molecule has 1 rings (SSSR count). The lowest BCUT2D eigenvalue weighted by atomic mass is 10.0. The standard InChI is InChI=1S/C12H22N2S/c1-4-11(5-2)9-13-7-6-12-14-8-10(3)15-12/h8,11,13H,4-7,9H2,1-3H3. The highest BCUT2D eigenvalue weighted by Gasteiger charge is 2.02. The number of nitrogens with one attached hydrogen (secondary N) is 1. The maximum absolute atomic E-state index is 4.35. The van der Waals surface area contributed by atoms with E-state index in [1.54, 1.807) is 11.3 Å². The van der Waals surface area contributed by atoms with E-state index in [1.807, 2.05) is 6.20 Å². The van der Waals surface area contributed by atoms with Gasteiger partial charge in [0.1, 0.15) is 0 Å². The number of aryl methyl sites for hydroxylation is 1. The molecule has 0 atom stereocenters. The number of hydrogen-bond donors (Lipinski definition) is 1. The Bertz CT molecular complexity index is 266. The molecule has 0 saturated carbocycles. The van der Waals surface area contributed by atoms with E-state index in [0.717, 1.165) is 25.4 Å². The summed E-state index contributed by atoms with van der Waals surface area (Å²) in [6.07, 6.45) is 5.58. The molecule has 0 aliphatic rings. The van der Waals surface area contributed by atoms with Crippen LogP contribution < -0.4 is 5.32 Å². The monoisotopic (exact) mass is 226 g/mol. The van der Waals surface area contributed by atoms with E-state index < -0.39 is 0 Å². The normalized spacial score (nSPS) is 11.2. The van der Waals surface area contributed by atoms with Crippen LogP contribution in [0.4, 0.5) is 0 Å². The smallest absolute Gasteiger partial charge is 0.0940 e. The molecule has 0 fully saturated rings. The van der Waals surface area contributed by atoms with Gasteiger partial charge in [-0.1, -0.05) is 26.7 Å². The van der Waals surface area contributed by atoms with Crippen molar-refractivity contribution >= 4 is 11.3 Å². The van der Waals surface area contributed by atoms with E-state index >= 15 is 0 Å². The average Bonchev–Trinajstić information content (AvgIpc) is 2.65. The zero-order valence-electron chi connectivity index (χ0n) is 10.0. The van der Waals surface area contributed by atoms with Gasteiger partial charge in [0.05, 0.1) is 5.01 Å². The summed E-state index contributed by atoms with van der Waals surface area (Å²) in [6.45, 7) is 8.85. The Hall–Kier alpha value is -0.410. The van der Waals surface area contributed by atoms with E-state index in [4.69, 9.17) is 0 Å². The lowest BCUT2D eigenvalue weighted by Gasteiger charge is -2.12. The maximum Gasteiger partial charge on any atom is 0.0940 e. The number of thiazole rings is 1. The minimum atomic E-state index is 0.836. The van der Waals surface area contributed by atoms with Crippen molar-refractivity contribution in [3.05, 3.63) is 16.1 Å². The molecule has 1 aromatic rings. The fourth-order valence-corrected chi connectivity index (χ4v) is 2.38. The highest BCUT2D eigenvalue weighted by molar-refractivity contribution is 7.11. The second kappa shape index (κ2) is 6.96. The topological polar surface area (TPSA) is 24.9 Å². The summed E-state index contributed by atoms with van der Waals surface area (Å²) in [5.74, 6) is 0.836. The van der Waals surface area contributed by atoms with Crippen LogP contribution in [0.1, 0.15) is 36.6 Å². The summed E-state index contributed by atoms with van der Waals surface area (Å²) in [5.41, 5.74) is 0. The SMILES string of the molecule is CCC(CC)CNCCc1ncc(C)s1. The van der Waals surface area contributed by atoms with Crippen LogP contribution in [0.5, 0.6) is 0 Å². The summed E-state index contributed by atoms with van der Waals surface area (Å²) >= 11 is 1.81. The molecule has 1 heterocycles. The van der Waals surface area contributed by atoms with Gasteiger partial charge in [0.2, 0.25) is 0 Å². The van der Waals surface area contributed by atoms with E-state index in [-0.39, 0.29) is 0 Å². The van der Waals surface area contributed by atoms with Gasteiger partial charge in [0.15, 0.2) is 0 Å². The molecule has 2 nitrogen and oxygen atoms in total. The number of rotatable bonds is 7. The molecule has 0 aromatic carbocycles. The average molecular weight is 226 g/mol. The minimum Gasteiger partial charge on any atom is -0.316 e. The summed E-state index contributed by atoms with van der Waals surface area (Å²) in [4.78, 5) is 5.66. The predicted octanol–water partition coefficient (Wildman–Crippen LogP) is 3.02. The van der Waals surface area contributed by atoms with Crippen LogP contribution in [0.2, 0.25) is 0 Å². The Balaban J connectivity index is 2.11. The van der Waals surface area contributed by atoms with Gasteiger partial charge in [-0.2, -0.15) is 0 Å². The van der Waals surface area contributed by atoms with Gasteiger partial charge in [-0.3, -0.25) is 0 Å². The highest BCUT2D eigenvalue weighted by atomic mass is 32.1. The van der Waals surface area contributed by atoms with E-state index in [1.165, 1.54) is 22.7 Å². The van der Waals surface area contributed by atoms with Gasteiger partial charge < -0.3 is 5.32 Å². The van der Waals surface area contributed by atoms with Crippen LogP contribution >= 0.6 is 11.3 Å². The van der Waals surface area contributed by atoms with Crippen molar-refractivity contribution in [2.45, 2.75) is 40.0 Å². The first-order valence-corrected chi connectivity index (χ1v) is 6.69. The van der Waals surface area contributed by atoms with Gasteiger partial charge in [0, 0.05) is 24.0 Å². The van der Waals surface area contributed by atoms with E-state index in [0.29, 0.717) is 0 Å². The molecule has 0 radical (unpaired) electrons. The molecule has 0 saturated heterocycles. The largest absolute Gasteiger partial charge is 0.316 e.